The second-order valence-corrected chi connectivity index (χ2v) is 5.41. The Morgan fingerprint density at radius 2 is 2.53 bits per heavy atom. The van der Waals surface area contributed by atoms with E-state index in [0.717, 1.165) is 28.1 Å². The molecular weight excluding hydrogens is 276 g/mol. The topological polar surface area (TPSA) is 42.0 Å². The first-order valence-electron chi connectivity index (χ1n) is 4.75. The summed E-state index contributed by atoms with van der Waals surface area (Å²) in [7, 11) is 0. The third kappa shape index (κ3) is 2.72. The monoisotopic (exact) mass is 286 g/mol. The van der Waals surface area contributed by atoms with Gasteiger partial charge in [-0.25, -0.2) is 0 Å². The average molecular weight is 287 g/mol. The molecule has 3 nitrogen and oxygen atoms in total. The number of nitrogens with one attached hydrogen (secondary N) is 1. The van der Waals surface area contributed by atoms with E-state index in [1.165, 1.54) is 0 Å². The number of thioether (sulfide) groups is 1. The van der Waals surface area contributed by atoms with Crippen molar-refractivity contribution in [3.8, 4) is 0 Å². The number of pyridine rings is 1. The third-order valence-electron chi connectivity index (χ3n) is 2.33. The van der Waals surface area contributed by atoms with E-state index in [2.05, 4.69) is 26.2 Å². The molecule has 1 aliphatic rings. The smallest absolute Gasteiger partial charge is 0.228 e. The molecule has 1 aromatic rings. The number of hydrogen-bond donors (Lipinski definition) is 1. The van der Waals surface area contributed by atoms with Crippen molar-refractivity contribution in [2.75, 3.05) is 16.8 Å². The van der Waals surface area contributed by atoms with Crippen molar-refractivity contribution >= 4 is 39.3 Å². The van der Waals surface area contributed by atoms with Gasteiger partial charge in [-0.2, -0.15) is 11.8 Å². The summed E-state index contributed by atoms with van der Waals surface area (Å²) in [5.74, 6) is 2.31. The highest BCUT2D eigenvalue weighted by Gasteiger charge is 2.23. The molecule has 15 heavy (non-hydrogen) atoms. The molecule has 5 heteroatoms. The molecule has 80 valence electrons. The van der Waals surface area contributed by atoms with Crippen LogP contribution in [-0.2, 0) is 4.79 Å². The molecule has 0 saturated carbocycles. The van der Waals surface area contributed by atoms with Crippen LogP contribution in [-0.4, -0.2) is 22.4 Å². The number of amides is 1. The van der Waals surface area contributed by atoms with Crippen molar-refractivity contribution < 1.29 is 4.79 Å². The van der Waals surface area contributed by atoms with E-state index in [-0.39, 0.29) is 11.8 Å². The fourth-order valence-corrected chi connectivity index (χ4v) is 3.02. The number of aromatic nitrogens is 1. The first-order chi connectivity index (χ1) is 7.27. The molecule has 1 amide bonds. The van der Waals surface area contributed by atoms with Crippen molar-refractivity contribution in [1.29, 1.82) is 0 Å². The lowest BCUT2D eigenvalue weighted by atomic mass is 10.1. The highest BCUT2D eigenvalue weighted by atomic mass is 79.9. The van der Waals surface area contributed by atoms with Crippen LogP contribution in [0.1, 0.15) is 6.42 Å². The van der Waals surface area contributed by atoms with Crippen LogP contribution in [0.25, 0.3) is 0 Å². The quantitative estimate of drug-likeness (QED) is 0.909. The maximum atomic E-state index is 11.8. The molecular formula is C10H11BrN2OS. The number of nitrogens with zero attached hydrogens (tertiary/aromatic N) is 1. The summed E-state index contributed by atoms with van der Waals surface area (Å²) >= 11 is 5.19. The van der Waals surface area contributed by atoms with Crippen molar-refractivity contribution in [1.82, 2.24) is 4.98 Å². The van der Waals surface area contributed by atoms with Crippen LogP contribution < -0.4 is 5.32 Å². The SMILES string of the molecule is O=C(Nc1ccncc1Br)C1CCSC1. The minimum atomic E-state index is 0.118. The molecule has 0 aliphatic carbocycles. The maximum absolute atomic E-state index is 11.8. The average Bonchev–Trinajstić information content (AvgIpc) is 2.74. The summed E-state index contributed by atoms with van der Waals surface area (Å²) in [6, 6.07) is 1.80. The maximum Gasteiger partial charge on any atom is 0.228 e. The van der Waals surface area contributed by atoms with E-state index in [4.69, 9.17) is 0 Å². The van der Waals surface area contributed by atoms with Crippen LogP contribution in [0.2, 0.25) is 0 Å². The second-order valence-electron chi connectivity index (χ2n) is 3.41. The predicted octanol–water partition coefficient (Wildman–Crippen LogP) is 2.54. The summed E-state index contributed by atoms with van der Waals surface area (Å²) in [6.45, 7) is 0. The Bertz CT molecular complexity index is 366. The largest absolute Gasteiger partial charge is 0.325 e. The molecule has 1 atom stereocenters. The molecule has 2 rings (SSSR count). The van der Waals surface area contributed by atoms with Gasteiger partial charge in [-0.05, 0) is 34.2 Å². The van der Waals surface area contributed by atoms with Crippen LogP contribution in [0.4, 0.5) is 5.69 Å². The molecule has 0 aromatic carbocycles. The third-order valence-corrected chi connectivity index (χ3v) is 4.13. The second kappa shape index (κ2) is 4.99. The molecule has 1 saturated heterocycles. The molecule has 0 bridgehead atoms. The molecule has 1 unspecified atom stereocenters. The van der Waals surface area contributed by atoms with E-state index in [9.17, 15) is 4.79 Å². The number of carbonyl (C=O) groups is 1. The molecule has 1 fully saturated rings. The Morgan fingerprint density at radius 3 is 3.20 bits per heavy atom. The molecule has 1 aliphatic heterocycles. The molecule has 0 radical (unpaired) electrons. The van der Waals surface area contributed by atoms with Crippen molar-refractivity contribution in [2.45, 2.75) is 6.42 Å². The van der Waals surface area contributed by atoms with Crippen molar-refractivity contribution in [3.05, 3.63) is 22.9 Å². The number of hydrogen-bond acceptors (Lipinski definition) is 3. The number of halogens is 1. The Balaban J connectivity index is 2.02. The van der Waals surface area contributed by atoms with E-state index in [0.29, 0.717) is 0 Å². The number of rotatable bonds is 2. The highest BCUT2D eigenvalue weighted by molar-refractivity contribution is 9.10. The molecule has 1 aromatic heterocycles. The fourth-order valence-electron chi connectivity index (χ4n) is 1.45. The summed E-state index contributed by atoms with van der Waals surface area (Å²) < 4.78 is 0.823. The van der Waals surface area contributed by atoms with Gasteiger partial charge in [0.25, 0.3) is 0 Å². The van der Waals surface area contributed by atoms with Crippen LogP contribution in [0.5, 0.6) is 0 Å². The molecule has 1 N–H and O–H groups in total. The van der Waals surface area contributed by atoms with Gasteiger partial charge in [0.2, 0.25) is 5.91 Å². The summed E-state index contributed by atoms with van der Waals surface area (Å²) in [6.07, 6.45) is 4.34. The van der Waals surface area contributed by atoms with Crippen molar-refractivity contribution in [2.24, 2.45) is 5.92 Å². The molecule has 0 spiro atoms. The van der Waals surface area contributed by atoms with Gasteiger partial charge in [-0.15, -0.1) is 0 Å². The van der Waals surface area contributed by atoms with E-state index < -0.39 is 0 Å². The van der Waals surface area contributed by atoms with Crippen LogP contribution in [0.15, 0.2) is 22.9 Å². The minimum absolute atomic E-state index is 0.118. The Kier molecular flexibility index (Phi) is 3.64. The Hall–Kier alpha value is -0.550. The van der Waals surface area contributed by atoms with Gasteiger partial charge < -0.3 is 5.32 Å². The van der Waals surface area contributed by atoms with E-state index in [1.54, 1.807) is 18.5 Å². The van der Waals surface area contributed by atoms with Gasteiger partial charge in [0.15, 0.2) is 0 Å². The zero-order valence-corrected chi connectivity index (χ0v) is 10.5. The fraction of sp³-hybridized carbons (Fsp3) is 0.400. The van der Waals surface area contributed by atoms with Gasteiger partial charge in [-0.1, -0.05) is 0 Å². The summed E-state index contributed by atoms with van der Waals surface area (Å²) in [4.78, 5) is 15.7. The lowest BCUT2D eigenvalue weighted by Gasteiger charge is -2.10. The zero-order chi connectivity index (χ0) is 10.7. The number of carbonyl (C=O) groups excluding carboxylic acids is 1. The van der Waals surface area contributed by atoms with Gasteiger partial charge in [0.05, 0.1) is 10.2 Å². The highest BCUT2D eigenvalue weighted by Crippen LogP contribution is 2.26. The number of anilines is 1. The van der Waals surface area contributed by atoms with Crippen molar-refractivity contribution in [3.63, 3.8) is 0 Å². The zero-order valence-electron chi connectivity index (χ0n) is 8.07. The van der Waals surface area contributed by atoms with Crippen LogP contribution in [0, 0.1) is 5.92 Å². The lowest BCUT2D eigenvalue weighted by molar-refractivity contribution is -0.119. The summed E-state index contributed by atoms with van der Waals surface area (Å²) in [5.41, 5.74) is 0.798. The standard InChI is InChI=1S/C10H11BrN2OS/c11-8-5-12-3-1-9(8)13-10(14)7-2-4-15-6-7/h1,3,5,7H,2,4,6H2,(H,12,13,14). The Morgan fingerprint density at radius 1 is 1.67 bits per heavy atom. The van der Waals surface area contributed by atoms with Gasteiger partial charge in [-0.3, -0.25) is 9.78 Å². The Labute approximate surface area is 101 Å². The molecule has 2 heterocycles. The van der Waals surface area contributed by atoms with Gasteiger partial charge in [0.1, 0.15) is 0 Å². The van der Waals surface area contributed by atoms with Gasteiger partial charge >= 0.3 is 0 Å². The summed E-state index contributed by atoms with van der Waals surface area (Å²) in [5, 5.41) is 2.91. The minimum Gasteiger partial charge on any atom is -0.325 e. The van der Waals surface area contributed by atoms with Crippen LogP contribution >= 0.6 is 27.7 Å². The first kappa shape index (κ1) is 11.0. The van der Waals surface area contributed by atoms with E-state index >= 15 is 0 Å². The normalized spacial score (nSPS) is 20.2. The first-order valence-corrected chi connectivity index (χ1v) is 6.70. The van der Waals surface area contributed by atoms with Crippen LogP contribution in [0.3, 0.4) is 0 Å². The van der Waals surface area contributed by atoms with E-state index in [1.807, 2.05) is 11.8 Å². The van der Waals surface area contributed by atoms with Gasteiger partial charge in [0, 0.05) is 24.1 Å². The lowest BCUT2D eigenvalue weighted by Crippen LogP contribution is -2.22. The predicted molar refractivity (Wildman–Crippen MR) is 66.0 cm³/mol.